The lowest BCUT2D eigenvalue weighted by atomic mass is 10.2. The zero-order chi connectivity index (χ0) is 11.7. The second kappa shape index (κ2) is 3.77. The standard InChI is InChI=1S/C9H12FNO3S/c1-9(2,3)14-8-7(15(10,12)13)5-4-6-11-8/h4-6H,1-3H3. The fourth-order valence-electron chi connectivity index (χ4n) is 0.928. The van der Waals surface area contributed by atoms with Crippen molar-refractivity contribution in [3.8, 4) is 5.88 Å². The van der Waals surface area contributed by atoms with E-state index in [0.29, 0.717) is 0 Å². The summed E-state index contributed by atoms with van der Waals surface area (Å²) in [5.41, 5.74) is -0.631. The number of ether oxygens (including phenoxy) is 1. The van der Waals surface area contributed by atoms with E-state index < -0.39 is 20.7 Å². The second-order valence-corrected chi connectivity index (χ2v) is 5.27. The van der Waals surface area contributed by atoms with Crippen molar-refractivity contribution in [1.82, 2.24) is 4.98 Å². The molecule has 0 aliphatic rings. The third-order valence-electron chi connectivity index (χ3n) is 1.40. The highest BCUT2D eigenvalue weighted by molar-refractivity contribution is 7.86. The van der Waals surface area contributed by atoms with Crippen molar-refractivity contribution in [2.24, 2.45) is 0 Å². The lowest BCUT2D eigenvalue weighted by Gasteiger charge is -2.20. The van der Waals surface area contributed by atoms with Crippen molar-refractivity contribution < 1.29 is 17.0 Å². The van der Waals surface area contributed by atoms with Crippen LogP contribution in [0.1, 0.15) is 20.8 Å². The van der Waals surface area contributed by atoms with Crippen molar-refractivity contribution in [3.63, 3.8) is 0 Å². The van der Waals surface area contributed by atoms with E-state index >= 15 is 0 Å². The first-order valence-electron chi connectivity index (χ1n) is 4.29. The number of nitrogens with zero attached hydrogens (tertiary/aromatic N) is 1. The minimum absolute atomic E-state index is 0.215. The Hall–Kier alpha value is -1.17. The van der Waals surface area contributed by atoms with Gasteiger partial charge in [-0.1, -0.05) is 0 Å². The Bertz CT molecular complexity index is 451. The van der Waals surface area contributed by atoms with Gasteiger partial charge in [-0.15, -0.1) is 3.89 Å². The normalized spacial score (nSPS) is 12.5. The second-order valence-electron chi connectivity index (χ2n) is 3.96. The Balaban J connectivity index is 3.20. The van der Waals surface area contributed by atoms with Crippen LogP contribution in [-0.4, -0.2) is 19.0 Å². The molecule has 4 nitrogen and oxygen atoms in total. The summed E-state index contributed by atoms with van der Waals surface area (Å²) in [5.74, 6) is -0.215. The van der Waals surface area contributed by atoms with Crippen LogP contribution in [0.15, 0.2) is 23.2 Å². The first-order valence-corrected chi connectivity index (χ1v) is 5.67. The van der Waals surface area contributed by atoms with Gasteiger partial charge in [-0.3, -0.25) is 0 Å². The van der Waals surface area contributed by atoms with E-state index in [-0.39, 0.29) is 5.88 Å². The predicted octanol–water partition coefficient (Wildman–Crippen LogP) is 1.92. The van der Waals surface area contributed by atoms with E-state index in [0.717, 1.165) is 6.07 Å². The molecule has 0 fully saturated rings. The molecular formula is C9H12FNO3S. The van der Waals surface area contributed by atoms with Crippen LogP contribution in [0.25, 0.3) is 0 Å². The Morgan fingerprint density at radius 3 is 2.47 bits per heavy atom. The van der Waals surface area contributed by atoms with Crippen molar-refractivity contribution in [1.29, 1.82) is 0 Å². The summed E-state index contributed by atoms with van der Waals surface area (Å²) in [6, 6.07) is 2.45. The fourth-order valence-corrected chi connectivity index (χ4v) is 1.47. The van der Waals surface area contributed by atoms with Gasteiger partial charge >= 0.3 is 10.2 Å². The highest BCUT2D eigenvalue weighted by Crippen LogP contribution is 2.25. The minimum Gasteiger partial charge on any atom is -0.471 e. The van der Waals surface area contributed by atoms with Gasteiger partial charge in [0.15, 0.2) is 4.90 Å². The molecule has 0 saturated heterocycles. The summed E-state index contributed by atoms with van der Waals surface area (Å²) in [4.78, 5) is 3.15. The van der Waals surface area contributed by atoms with Crippen LogP contribution >= 0.6 is 0 Å². The molecule has 0 aromatic carbocycles. The smallest absolute Gasteiger partial charge is 0.337 e. The molecule has 0 N–H and O–H groups in total. The van der Waals surface area contributed by atoms with Gasteiger partial charge < -0.3 is 4.74 Å². The van der Waals surface area contributed by atoms with Crippen LogP contribution in [-0.2, 0) is 10.2 Å². The summed E-state index contributed by atoms with van der Waals surface area (Å²) >= 11 is 0. The number of hydrogen-bond donors (Lipinski definition) is 0. The van der Waals surface area contributed by atoms with E-state index in [2.05, 4.69) is 4.98 Å². The van der Waals surface area contributed by atoms with Gasteiger partial charge in [-0.05, 0) is 32.9 Å². The monoisotopic (exact) mass is 233 g/mol. The van der Waals surface area contributed by atoms with E-state index in [9.17, 15) is 12.3 Å². The number of halogens is 1. The Morgan fingerprint density at radius 2 is 2.00 bits per heavy atom. The van der Waals surface area contributed by atoms with Crippen molar-refractivity contribution in [2.75, 3.05) is 0 Å². The molecule has 1 heterocycles. The zero-order valence-electron chi connectivity index (χ0n) is 8.69. The van der Waals surface area contributed by atoms with Gasteiger partial charge in [0.1, 0.15) is 5.60 Å². The Kier molecular flexibility index (Phi) is 2.99. The van der Waals surface area contributed by atoms with Gasteiger partial charge in [0.25, 0.3) is 0 Å². The summed E-state index contributed by atoms with van der Waals surface area (Å²) in [5, 5.41) is 0. The van der Waals surface area contributed by atoms with E-state index in [1.807, 2.05) is 0 Å². The maximum atomic E-state index is 12.8. The Morgan fingerprint density at radius 1 is 1.40 bits per heavy atom. The van der Waals surface area contributed by atoms with Crippen LogP contribution < -0.4 is 4.74 Å². The molecule has 15 heavy (non-hydrogen) atoms. The molecule has 0 aliphatic carbocycles. The number of pyridine rings is 1. The van der Waals surface area contributed by atoms with E-state index in [1.165, 1.54) is 12.3 Å². The molecule has 0 spiro atoms. The van der Waals surface area contributed by atoms with Gasteiger partial charge in [0.05, 0.1) is 0 Å². The zero-order valence-corrected chi connectivity index (χ0v) is 9.51. The summed E-state index contributed by atoms with van der Waals surface area (Å²) in [6.07, 6.45) is 1.34. The summed E-state index contributed by atoms with van der Waals surface area (Å²) in [7, 11) is -4.79. The first-order chi connectivity index (χ1) is 6.70. The van der Waals surface area contributed by atoms with Crippen LogP contribution in [0.3, 0.4) is 0 Å². The molecule has 1 aromatic rings. The van der Waals surface area contributed by atoms with Gasteiger partial charge in [0, 0.05) is 6.20 Å². The van der Waals surface area contributed by atoms with E-state index in [1.54, 1.807) is 20.8 Å². The molecule has 1 rings (SSSR count). The first kappa shape index (κ1) is 11.9. The molecule has 0 aliphatic heterocycles. The number of hydrogen-bond acceptors (Lipinski definition) is 4. The quantitative estimate of drug-likeness (QED) is 0.732. The van der Waals surface area contributed by atoms with Gasteiger partial charge in [-0.2, -0.15) is 8.42 Å². The maximum absolute atomic E-state index is 12.8. The average molecular weight is 233 g/mol. The van der Waals surface area contributed by atoms with Crippen LogP contribution in [0.4, 0.5) is 3.89 Å². The molecule has 84 valence electrons. The Labute approximate surface area is 88.3 Å². The molecule has 1 aromatic heterocycles. The SMILES string of the molecule is CC(C)(C)Oc1ncccc1S(=O)(=O)F. The van der Waals surface area contributed by atoms with E-state index in [4.69, 9.17) is 4.74 Å². The van der Waals surface area contributed by atoms with Crippen molar-refractivity contribution in [2.45, 2.75) is 31.3 Å². The van der Waals surface area contributed by atoms with Crippen molar-refractivity contribution in [3.05, 3.63) is 18.3 Å². The molecule has 0 unspecified atom stereocenters. The number of aromatic nitrogens is 1. The molecule has 0 atom stereocenters. The minimum atomic E-state index is -4.79. The average Bonchev–Trinajstić information content (AvgIpc) is 1.99. The molecule has 0 amide bonds. The molecular weight excluding hydrogens is 221 g/mol. The predicted molar refractivity (Wildman–Crippen MR) is 52.9 cm³/mol. The van der Waals surface area contributed by atoms with Gasteiger partial charge in [0.2, 0.25) is 5.88 Å². The van der Waals surface area contributed by atoms with Gasteiger partial charge in [-0.25, -0.2) is 4.98 Å². The molecule has 0 bridgehead atoms. The molecule has 0 radical (unpaired) electrons. The maximum Gasteiger partial charge on any atom is 0.337 e. The largest absolute Gasteiger partial charge is 0.471 e. The van der Waals surface area contributed by atoms with Crippen LogP contribution in [0.2, 0.25) is 0 Å². The molecule has 6 heteroatoms. The lowest BCUT2D eigenvalue weighted by molar-refractivity contribution is 0.119. The lowest BCUT2D eigenvalue weighted by Crippen LogP contribution is -2.24. The highest BCUT2D eigenvalue weighted by Gasteiger charge is 2.23. The number of rotatable bonds is 2. The highest BCUT2D eigenvalue weighted by atomic mass is 32.3. The summed E-state index contributed by atoms with van der Waals surface area (Å²) < 4.78 is 39.5. The third-order valence-corrected chi connectivity index (χ3v) is 2.24. The van der Waals surface area contributed by atoms with Crippen molar-refractivity contribution >= 4 is 10.2 Å². The summed E-state index contributed by atoms with van der Waals surface area (Å²) in [6.45, 7) is 5.16. The van der Waals surface area contributed by atoms with Crippen LogP contribution in [0.5, 0.6) is 5.88 Å². The van der Waals surface area contributed by atoms with Crippen LogP contribution in [0, 0.1) is 0 Å². The molecule has 0 saturated carbocycles. The third kappa shape index (κ3) is 3.47. The topological polar surface area (TPSA) is 56.3 Å². The fraction of sp³-hybridized carbons (Fsp3) is 0.444.